The lowest BCUT2D eigenvalue weighted by Crippen LogP contribution is -2.44. The van der Waals surface area contributed by atoms with E-state index in [1.807, 2.05) is 0 Å². The van der Waals surface area contributed by atoms with Gasteiger partial charge in [0.25, 0.3) is 0 Å². The summed E-state index contributed by atoms with van der Waals surface area (Å²) >= 11 is 0. The zero-order chi connectivity index (χ0) is 15.3. The Hall–Kier alpha value is -1.15. The van der Waals surface area contributed by atoms with E-state index in [1.165, 1.54) is 7.11 Å². The normalized spacial score (nSPS) is 13.9. The monoisotopic (exact) mass is 295 g/mol. The van der Waals surface area contributed by atoms with Crippen LogP contribution in [0.5, 0.6) is 0 Å². The molecule has 8 heteroatoms. The van der Waals surface area contributed by atoms with Crippen LogP contribution in [-0.2, 0) is 24.3 Å². The minimum atomic E-state index is -3.72. The van der Waals surface area contributed by atoms with Crippen LogP contribution in [0.3, 0.4) is 0 Å². The second-order valence-electron chi connectivity index (χ2n) is 5.44. The Labute approximate surface area is 113 Å². The van der Waals surface area contributed by atoms with Crippen molar-refractivity contribution in [3.8, 4) is 0 Å². The molecule has 0 aliphatic heterocycles. The lowest BCUT2D eigenvalue weighted by molar-refractivity contribution is -0.142. The molecular formula is C11H21NO6S. The molecule has 0 aliphatic carbocycles. The van der Waals surface area contributed by atoms with Crippen LogP contribution in [0.25, 0.3) is 0 Å². The van der Waals surface area contributed by atoms with Gasteiger partial charge in [-0.25, -0.2) is 13.1 Å². The number of carboxylic acids is 1. The van der Waals surface area contributed by atoms with Crippen molar-refractivity contribution in [2.24, 2.45) is 5.41 Å². The van der Waals surface area contributed by atoms with Gasteiger partial charge in [0, 0.05) is 6.42 Å². The van der Waals surface area contributed by atoms with E-state index in [4.69, 9.17) is 5.11 Å². The SMILES string of the molecule is COC(=O)CC[C@@H](NS(=O)(=O)CC(C)(C)C)C(=O)O. The van der Waals surface area contributed by atoms with E-state index in [1.54, 1.807) is 20.8 Å². The predicted molar refractivity (Wildman–Crippen MR) is 69.1 cm³/mol. The number of aliphatic carboxylic acids is 1. The Kier molecular flexibility index (Phi) is 6.44. The molecule has 0 aliphatic rings. The van der Waals surface area contributed by atoms with Crippen LogP contribution >= 0.6 is 0 Å². The van der Waals surface area contributed by atoms with E-state index >= 15 is 0 Å². The maximum Gasteiger partial charge on any atom is 0.321 e. The first-order valence-electron chi connectivity index (χ1n) is 5.76. The molecule has 0 heterocycles. The van der Waals surface area contributed by atoms with Crippen molar-refractivity contribution in [3.63, 3.8) is 0 Å². The number of hydrogen-bond acceptors (Lipinski definition) is 5. The highest BCUT2D eigenvalue weighted by atomic mass is 32.2. The number of hydrogen-bond donors (Lipinski definition) is 2. The van der Waals surface area contributed by atoms with Gasteiger partial charge in [-0.3, -0.25) is 9.59 Å². The van der Waals surface area contributed by atoms with Gasteiger partial charge in [-0.1, -0.05) is 20.8 Å². The van der Waals surface area contributed by atoms with Crippen LogP contribution in [0, 0.1) is 5.41 Å². The minimum absolute atomic E-state index is 0.147. The third-order valence-electron chi connectivity index (χ3n) is 2.11. The fourth-order valence-corrected chi connectivity index (χ4v) is 3.30. The molecule has 0 bridgehead atoms. The van der Waals surface area contributed by atoms with Gasteiger partial charge < -0.3 is 9.84 Å². The average Bonchev–Trinajstić information content (AvgIpc) is 2.19. The van der Waals surface area contributed by atoms with Crippen LogP contribution in [0.1, 0.15) is 33.6 Å². The molecule has 0 saturated heterocycles. The molecule has 19 heavy (non-hydrogen) atoms. The van der Waals surface area contributed by atoms with Crippen molar-refractivity contribution in [1.29, 1.82) is 0 Å². The van der Waals surface area contributed by atoms with Crippen LogP contribution in [0.4, 0.5) is 0 Å². The van der Waals surface area contributed by atoms with Crippen LogP contribution in [0.2, 0.25) is 0 Å². The Morgan fingerprint density at radius 3 is 2.21 bits per heavy atom. The van der Waals surface area contributed by atoms with E-state index in [2.05, 4.69) is 9.46 Å². The Morgan fingerprint density at radius 1 is 1.32 bits per heavy atom. The van der Waals surface area contributed by atoms with Crippen molar-refractivity contribution in [1.82, 2.24) is 4.72 Å². The Balaban J connectivity index is 4.67. The molecule has 2 N–H and O–H groups in total. The van der Waals surface area contributed by atoms with Gasteiger partial charge in [0.1, 0.15) is 6.04 Å². The summed E-state index contributed by atoms with van der Waals surface area (Å²) in [5.74, 6) is -2.09. The highest BCUT2D eigenvalue weighted by Gasteiger charge is 2.28. The van der Waals surface area contributed by atoms with E-state index in [9.17, 15) is 18.0 Å². The average molecular weight is 295 g/mol. The first-order valence-corrected chi connectivity index (χ1v) is 7.42. The summed E-state index contributed by atoms with van der Waals surface area (Å²) in [5.41, 5.74) is -0.489. The molecule has 112 valence electrons. The number of methoxy groups -OCH3 is 1. The number of carbonyl (C=O) groups is 2. The third kappa shape index (κ3) is 8.55. The largest absolute Gasteiger partial charge is 0.480 e. The number of sulfonamides is 1. The van der Waals surface area contributed by atoms with Crippen molar-refractivity contribution >= 4 is 22.0 Å². The summed E-state index contributed by atoms with van der Waals surface area (Å²) in [6.07, 6.45) is -0.309. The lowest BCUT2D eigenvalue weighted by atomic mass is 10.0. The number of ether oxygens (including phenoxy) is 1. The maximum absolute atomic E-state index is 11.8. The summed E-state index contributed by atoms with van der Waals surface area (Å²) < 4.78 is 30.0. The molecular weight excluding hydrogens is 274 g/mol. The number of carbonyl (C=O) groups excluding carboxylic acids is 1. The second kappa shape index (κ2) is 6.85. The van der Waals surface area contributed by atoms with Gasteiger partial charge in [-0.2, -0.15) is 0 Å². The first kappa shape index (κ1) is 17.8. The molecule has 0 unspecified atom stereocenters. The van der Waals surface area contributed by atoms with Crippen molar-refractivity contribution in [2.75, 3.05) is 12.9 Å². The fraction of sp³-hybridized carbons (Fsp3) is 0.818. The van der Waals surface area contributed by atoms with Gasteiger partial charge in [-0.05, 0) is 11.8 Å². The van der Waals surface area contributed by atoms with Gasteiger partial charge in [0.2, 0.25) is 10.0 Å². The molecule has 0 aromatic carbocycles. The van der Waals surface area contributed by atoms with Crippen molar-refractivity contribution < 1.29 is 27.9 Å². The van der Waals surface area contributed by atoms with E-state index in [0.29, 0.717) is 0 Å². The van der Waals surface area contributed by atoms with Crippen LogP contribution in [0.15, 0.2) is 0 Å². The minimum Gasteiger partial charge on any atom is -0.480 e. The smallest absolute Gasteiger partial charge is 0.321 e. The predicted octanol–water partition coefficient (Wildman–Crippen LogP) is 0.358. The van der Waals surface area contributed by atoms with E-state index < -0.39 is 33.4 Å². The molecule has 0 aromatic rings. The maximum atomic E-state index is 11.8. The van der Waals surface area contributed by atoms with Gasteiger partial charge in [-0.15, -0.1) is 0 Å². The Bertz CT molecular complexity index is 423. The third-order valence-corrected chi connectivity index (χ3v) is 4.00. The summed E-state index contributed by atoms with van der Waals surface area (Å²) in [6, 6.07) is -1.33. The van der Waals surface area contributed by atoms with Crippen LogP contribution < -0.4 is 4.72 Å². The van der Waals surface area contributed by atoms with Gasteiger partial charge in [0.05, 0.1) is 12.9 Å². The topological polar surface area (TPSA) is 110 Å². The van der Waals surface area contributed by atoms with E-state index in [0.717, 1.165) is 0 Å². The molecule has 7 nitrogen and oxygen atoms in total. The summed E-state index contributed by atoms with van der Waals surface area (Å²) in [4.78, 5) is 21.9. The summed E-state index contributed by atoms with van der Waals surface area (Å²) in [5, 5.41) is 8.94. The standard InChI is InChI=1S/C11H21NO6S/c1-11(2,3)7-19(16,17)12-8(10(14)15)5-6-9(13)18-4/h8,12H,5-7H2,1-4H3,(H,14,15)/t8-/m1/s1. The quantitative estimate of drug-likeness (QED) is 0.656. The summed E-state index contributed by atoms with van der Waals surface area (Å²) in [6.45, 7) is 5.20. The first-order chi connectivity index (χ1) is 8.47. The number of esters is 1. The zero-order valence-electron chi connectivity index (χ0n) is 11.6. The Morgan fingerprint density at radius 2 is 1.84 bits per heavy atom. The number of nitrogens with one attached hydrogen (secondary N) is 1. The van der Waals surface area contributed by atoms with E-state index in [-0.39, 0.29) is 18.6 Å². The molecule has 0 spiro atoms. The molecule has 0 aromatic heterocycles. The summed E-state index contributed by atoms with van der Waals surface area (Å²) in [7, 11) is -2.54. The molecule has 0 radical (unpaired) electrons. The molecule has 0 rings (SSSR count). The zero-order valence-corrected chi connectivity index (χ0v) is 12.4. The van der Waals surface area contributed by atoms with Crippen molar-refractivity contribution in [2.45, 2.75) is 39.7 Å². The molecule has 1 atom stereocenters. The number of rotatable bonds is 7. The van der Waals surface area contributed by atoms with Crippen molar-refractivity contribution in [3.05, 3.63) is 0 Å². The highest BCUT2D eigenvalue weighted by molar-refractivity contribution is 7.89. The molecule has 0 saturated carbocycles. The van der Waals surface area contributed by atoms with Gasteiger partial charge >= 0.3 is 11.9 Å². The lowest BCUT2D eigenvalue weighted by Gasteiger charge is -2.20. The number of carboxylic acid groups (broad SMARTS) is 1. The fourth-order valence-electron chi connectivity index (χ4n) is 1.43. The second-order valence-corrected chi connectivity index (χ2v) is 7.20. The molecule has 0 fully saturated rings. The molecule has 0 amide bonds. The highest BCUT2D eigenvalue weighted by Crippen LogP contribution is 2.16. The van der Waals surface area contributed by atoms with Crippen LogP contribution in [-0.4, -0.2) is 44.4 Å². The van der Waals surface area contributed by atoms with Gasteiger partial charge in [0.15, 0.2) is 0 Å².